The van der Waals surface area contributed by atoms with Gasteiger partial charge in [-0.3, -0.25) is 15.4 Å². The molecule has 0 unspecified atom stereocenters. The number of H-pyrrole nitrogens is 1. The molecule has 0 saturated carbocycles. The summed E-state index contributed by atoms with van der Waals surface area (Å²) in [6.07, 6.45) is 4.06. The number of nitrogens with one attached hydrogen (secondary N) is 3. The predicted octanol–water partition coefficient (Wildman–Crippen LogP) is 1.03. The summed E-state index contributed by atoms with van der Waals surface area (Å²) in [6.45, 7) is 2.76. The molecule has 0 atom stereocenters. The molecule has 0 fully saturated rings. The fraction of sp³-hybridized carbons (Fsp3) is 0.214. The minimum atomic E-state index is -0.321. The molecule has 1 aromatic heterocycles. The quantitative estimate of drug-likeness (QED) is 0.436. The molecule has 3 N–H and O–H groups in total. The van der Waals surface area contributed by atoms with E-state index in [0.717, 1.165) is 18.5 Å². The molecule has 1 aromatic carbocycles. The Hall–Kier alpha value is -2.61. The summed E-state index contributed by atoms with van der Waals surface area (Å²) in [5.41, 5.74) is 0.936. The van der Waals surface area contributed by atoms with Gasteiger partial charge in [-0.15, -0.1) is 0 Å². The van der Waals surface area contributed by atoms with Gasteiger partial charge in [0.1, 0.15) is 6.54 Å². The van der Waals surface area contributed by atoms with Crippen molar-refractivity contribution in [1.29, 1.82) is 0 Å². The Kier molecular flexibility index (Phi) is 5.73. The van der Waals surface area contributed by atoms with E-state index >= 15 is 0 Å². The van der Waals surface area contributed by atoms with Gasteiger partial charge in [-0.05, 0) is 35.5 Å². The zero-order valence-corrected chi connectivity index (χ0v) is 12.9. The van der Waals surface area contributed by atoms with Gasteiger partial charge < -0.3 is 0 Å². The Bertz CT molecular complexity index is 667. The van der Waals surface area contributed by atoms with Crippen LogP contribution in [0.25, 0.3) is 6.08 Å². The lowest BCUT2D eigenvalue weighted by Crippen LogP contribution is -2.39. The van der Waals surface area contributed by atoms with Crippen molar-refractivity contribution in [3.63, 3.8) is 0 Å². The van der Waals surface area contributed by atoms with Crippen LogP contribution in [0, 0.1) is 0 Å². The molecule has 22 heavy (non-hydrogen) atoms. The zero-order chi connectivity index (χ0) is 15.8. The lowest BCUT2D eigenvalue weighted by Gasteiger charge is -2.01. The number of carbonyl (C=O) groups excluding carboxylic acids is 1. The molecule has 1 amide bonds. The first-order chi connectivity index (χ1) is 10.7. The number of amides is 1. The first-order valence-corrected chi connectivity index (χ1v) is 7.26. The smallest absolute Gasteiger partial charge is 0.299 e. The summed E-state index contributed by atoms with van der Waals surface area (Å²) in [5.74, 6) is -0.0101. The molecule has 0 aliphatic carbocycles. The summed E-state index contributed by atoms with van der Waals surface area (Å²) in [5, 5.41) is 16.2. The van der Waals surface area contributed by atoms with E-state index in [1.807, 2.05) is 37.3 Å². The van der Waals surface area contributed by atoms with E-state index < -0.39 is 0 Å². The van der Waals surface area contributed by atoms with Crippen molar-refractivity contribution < 1.29 is 9.59 Å². The first-order valence-electron chi connectivity index (χ1n) is 6.85. The van der Waals surface area contributed by atoms with E-state index in [4.69, 9.17) is 12.2 Å². The highest BCUT2D eigenvalue weighted by Gasteiger charge is 2.12. The topological polar surface area (TPSA) is 86.6 Å². The van der Waals surface area contributed by atoms with Crippen LogP contribution >= 0.6 is 12.2 Å². The first kappa shape index (κ1) is 15.8. The molecule has 114 valence electrons. The number of aromatic nitrogens is 4. The van der Waals surface area contributed by atoms with Gasteiger partial charge in [0, 0.05) is 11.2 Å². The molecule has 0 aliphatic heterocycles. The SMILES string of the molecule is CCC[n+]1nc(NC(=S)NC(=O)/C=C/c2ccccc2)n[nH]1. The average Bonchev–Trinajstić information content (AvgIpc) is 2.93. The molecular formula is C14H17N6OS+. The molecular weight excluding hydrogens is 300 g/mol. The number of nitrogens with zero attached hydrogens (tertiary/aromatic N) is 3. The van der Waals surface area contributed by atoms with Crippen LogP contribution in [0.1, 0.15) is 18.9 Å². The lowest BCUT2D eigenvalue weighted by molar-refractivity contribution is -0.804. The summed E-state index contributed by atoms with van der Waals surface area (Å²) >= 11 is 5.04. The van der Waals surface area contributed by atoms with Crippen molar-refractivity contribution in [1.82, 2.24) is 20.7 Å². The standard InChI is InChI=1S/C14H16N6OS/c1-2-10-20-18-13(17-19-20)16-14(22)15-12(21)9-8-11-6-4-3-5-7-11/h3-9H,2,10H2,1H3,(H2,15,16,18,21,22)/p+1/b9-8+. The van der Waals surface area contributed by atoms with E-state index in [1.54, 1.807) is 10.9 Å². The fourth-order valence-corrected chi connectivity index (χ4v) is 1.84. The second kappa shape index (κ2) is 7.99. The van der Waals surface area contributed by atoms with Crippen molar-refractivity contribution in [3.05, 3.63) is 42.0 Å². The van der Waals surface area contributed by atoms with Crippen LogP contribution in [0.2, 0.25) is 0 Å². The second-order valence-electron chi connectivity index (χ2n) is 4.45. The monoisotopic (exact) mass is 317 g/mol. The number of aryl methyl sites for hydroxylation is 1. The second-order valence-corrected chi connectivity index (χ2v) is 4.85. The van der Waals surface area contributed by atoms with Gasteiger partial charge in [-0.2, -0.15) is 0 Å². The van der Waals surface area contributed by atoms with Crippen molar-refractivity contribution in [3.8, 4) is 0 Å². The van der Waals surface area contributed by atoms with Crippen molar-refractivity contribution >= 4 is 35.3 Å². The zero-order valence-electron chi connectivity index (χ0n) is 12.1. The number of benzene rings is 1. The average molecular weight is 317 g/mol. The highest BCUT2D eigenvalue weighted by molar-refractivity contribution is 7.80. The van der Waals surface area contributed by atoms with Gasteiger partial charge >= 0.3 is 5.95 Å². The maximum atomic E-state index is 11.7. The summed E-state index contributed by atoms with van der Waals surface area (Å²) < 4.78 is 0. The molecule has 0 aliphatic rings. The number of tetrazole rings is 1. The molecule has 2 aromatic rings. The third-order valence-electron chi connectivity index (χ3n) is 2.61. The van der Waals surface area contributed by atoms with Gasteiger partial charge in [-0.1, -0.05) is 42.1 Å². The molecule has 0 spiro atoms. The number of hydrogen-bond donors (Lipinski definition) is 3. The Morgan fingerprint density at radius 3 is 2.91 bits per heavy atom. The van der Waals surface area contributed by atoms with Gasteiger partial charge in [0.15, 0.2) is 5.11 Å². The summed E-state index contributed by atoms with van der Waals surface area (Å²) in [4.78, 5) is 13.3. The van der Waals surface area contributed by atoms with E-state index in [1.165, 1.54) is 6.08 Å². The molecule has 1 heterocycles. The Morgan fingerprint density at radius 1 is 1.41 bits per heavy atom. The largest absolute Gasteiger partial charge is 0.407 e. The third kappa shape index (κ3) is 5.06. The predicted molar refractivity (Wildman–Crippen MR) is 86.7 cm³/mol. The molecule has 0 saturated heterocycles. The number of aromatic amines is 1. The van der Waals surface area contributed by atoms with Gasteiger partial charge in [0.25, 0.3) is 0 Å². The number of thiocarbonyl (C=S) groups is 1. The number of rotatable bonds is 5. The van der Waals surface area contributed by atoms with E-state index in [-0.39, 0.29) is 11.0 Å². The normalized spacial score (nSPS) is 10.6. The minimum absolute atomic E-state index is 0.144. The van der Waals surface area contributed by atoms with Gasteiger partial charge in [0.05, 0.1) is 5.10 Å². The van der Waals surface area contributed by atoms with Crippen molar-refractivity contribution in [2.45, 2.75) is 19.9 Å². The Morgan fingerprint density at radius 2 is 2.18 bits per heavy atom. The van der Waals surface area contributed by atoms with Crippen molar-refractivity contribution in [2.24, 2.45) is 0 Å². The molecule has 8 heteroatoms. The number of carbonyl (C=O) groups is 1. The molecule has 2 rings (SSSR count). The van der Waals surface area contributed by atoms with Crippen LogP contribution in [0.15, 0.2) is 36.4 Å². The van der Waals surface area contributed by atoms with E-state index in [9.17, 15) is 4.79 Å². The van der Waals surface area contributed by atoms with Crippen molar-refractivity contribution in [2.75, 3.05) is 5.32 Å². The summed E-state index contributed by atoms with van der Waals surface area (Å²) in [7, 11) is 0. The maximum Gasteiger partial charge on any atom is 0.407 e. The number of anilines is 1. The maximum absolute atomic E-state index is 11.7. The van der Waals surface area contributed by atoms with Gasteiger partial charge in [0.2, 0.25) is 5.91 Å². The van der Waals surface area contributed by atoms with Gasteiger partial charge in [-0.25, -0.2) is 0 Å². The van der Waals surface area contributed by atoms with Crippen LogP contribution in [0.4, 0.5) is 5.95 Å². The van der Waals surface area contributed by atoms with E-state index in [2.05, 4.69) is 26.0 Å². The van der Waals surface area contributed by atoms with E-state index in [0.29, 0.717) is 5.95 Å². The van der Waals surface area contributed by atoms with Crippen LogP contribution in [-0.4, -0.2) is 26.4 Å². The van der Waals surface area contributed by atoms with Crippen LogP contribution < -0.4 is 15.4 Å². The van der Waals surface area contributed by atoms with Crippen LogP contribution in [0.3, 0.4) is 0 Å². The van der Waals surface area contributed by atoms with Crippen LogP contribution in [0.5, 0.6) is 0 Å². The minimum Gasteiger partial charge on any atom is -0.299 e. The Balaban J connectivity index is 1.83. The summed E-state index contributed by atoms with van der Waals surface area (Å²) in [6, 6.07) is 9.52. The molecule has 7 nitrogen and oxygen atoms in total. The number of hydrogen-bond acceptors (Lipinski definition) is 4. The third-order valence-corrected chi connectivity index (χ3v) is 2.82. The van der Waals surface area contributed by atoms with Crippen LogP contribution in [-0.2, 0) is 11.3 Å². The molecule has 0 radical (unpaired) electrons. The Labute approximate surface area is 133 Å². The highest BCUT2D eigenvalue weighted by Crippen LogP contribution is 2.00. The highest BCUT2D eigenvalue weighted by atomic mass is 32.1. The fourth-order valence-electron chi connectivity index (χ4n) is 1.65. The molecule has 0 bridgehead atoms. The lowest BCUT2D eigenvalue weighted by atomic mass is 10.2.